The van der Waals surface area contributed by atoms with Crippen molar-refractivity contribution < 1.29 is 9.84 Å². The van der Waals surface area contributed by atoms with Crippen molar-refractivity contribution in [1.82, 2.24) is 0 Å². The molecule has 0 spiro atoms. The van der Waals surface area contributed by atoms with Crippen LogP contribution in [0.3, 0.4) is 0 Å². The highest BCUT2D eigenvalue weighted by molar-refractivity contribution is 5.29. The van der Waals surface area contributed by atoms with Gasteiger partial charge in [-0.3, -0.25) is 0 Å². The first kappa shape index (κ1) is 9.22. The van der Waals surface area contributed by atoms with Crippen LogP contribution in [0, 0.1) is 5.92 Å². The van der Waals surface area contributed by atoms with E-state index in [1.54, 1.807) is 0 Å². The molecule has 80 valence electrons. The van der Waals surface area contributed by atoms with Gasteiger partial charge in [-0.15, -0.1) is 0 Å². The van der Waals surface area contributed by atoms with Crippen LogP contribution in [0.15, 0.2) is 24.3 Å². The number of hydrogen-bond acceptors (Lipinski definition) is 2. The Labute approximate surface area is 89.9 Å². The molecule has 2 fully saturated rings. The summed E-state index contributed by atoms with van der Waals surface area (Å²) in [4.78, 5) is 0. The molecule has 1 N–H and O–H groups in total. The summed E-state index contributed by atoms with van der Waals surface area (Å²) in [6.45, 7) is 0. The summed E-state index contributed by atoms with van der Waals surface area (Å²) in [5.41, 5.74) is 1.03. The summed E-state index contributed by atoms with van der Waals surface area (Å²) in [5.74, 6) is 1.43. The molecule has 2 saturated carbocycles. The molecular formula is C13H16O2. The number of aliphatic hydroxyl groups excluding tert-OH is 1. The van der Waals surface area contributed by atoms with Gasteiger partial charge in [0.2, 0.25) is 0 Å². The average molecular weight is 204 g/mol. The van der Waals surface area contributed by atoms with Crippen LogP contribution >= 0.6 is 0 Å². The van der Waals surface area contributed by atoms with Crippen LogP contribution in [0.5, 0.6) is 5.75 Å². The molecule has 1 unspecified atom stereocenters. The number of rotatable bonds is 4. The lowest BCUT2D eigenvalue weighted by Gasteiger charge is -2.10. The Morgan fingerprint density at radius 1 is 1.07 bits per heavy atom. The minimum Gasteiger partial charge on any atom is -0.490 e. The first-order chi connectivity index (χ1) is 7.33. The maximum absolute atomic E-state index is 9.90. The molecule has 0 radical (unpaired) electrons. The van der Waals surface area contributed by atoms with Gasteiger partial charge in [0, 0.05) is 0 Å². The van der Waals surface area contributed by atoms with Crippen molar-refractivity contribution in [2.45, 2.75) is 37.9 Å². The maximum Gasteiger partial charge on any atom is 0.119 e. The van der Waals surface area contributed by atoms with E-state index in [-0.39, 0.29) is 6.10 Å². The molecule has 1 aromatic rings. The predicted octanol–water partition coefficient (Wildman–Crippen LogP) is 2.67. The maximum atomic E-state index is 9.90. The van der Waals surface area contributed by atoms with Crippen LogP contribution < -0.4 is 4.74 Å². The van der Waals surface area contributed by atoms with E-state index < -0.39 is 0 Å². The predicted molar refractivity (Wildman–Crippen MR) is 57.8 cm³/mol. The van der Waals surface area contributed by atoms with Crippen LogP contribution in [-0.2, 0) is 0 Å². The smallest absolute Gasteiger partial charge is 0.119 e. The fourth-order valence-electron chi connectivity index (χ4n) is 1.81. The van der Waals surface area contributed by atoms with E-state index in [1.165, 1.54) is 25.7 Å². The van der Waals surface area contributed by atoms with Gasteiger partial charge in [0.25, 0.3) is 0 Å². The Hall–Kier alpha value is -1.02. The Morgan fingerprint density at radius 2 is 1.73 bits per heavy atom. The van der Waals surface area contributed by atoms with Gasteiger partial charge in [-0.2, -0.15) is 0 Å². The lowest BCUT2D eigenvalue weighted by Crippen LogP contribution is -2.00. The second kappa shape index (κ2) is 3.53. The van der Waals surface area contributed by atoms with Gasteiger partial charge in [-0.05, 0) is 49.3 Å². The summed E-state index contributed by atoms with van der Waals surface area (Å²) in [7, 11) is 0. The standard InChI is InChI=1S/C13H16O2/c14-13(9-1-2-9)10-3-5-11(6-4-10)15-12-7-8-12/h3-6,9,12-14H,1-2,7-8H2. The van der Waals surface area contributed by atoms with Gasteiger partial charge >= 0.3 is 0 Å². The van der Waals surface area contributed by atoms with Gasteiger partial charge in [0.1, 0.15) is 5.75 Å². The highest BCUT2D eigenvalue weighted by atomic mass is 16.5. The summed E-state index contributed by atoms with van der Waals surface area (Å²) < 4.78 is 5.65. The minimum absolute atomic E-state index is 0.264. The normalized spacial score (nSPS) is 22.5. The molecular weight excluding hydrogens is 188 g/mol. The van der Waals surface area contributed by atoms with Crippen LogP contribution in [0.2, 0.25) is 0 Å². The monoisotopic (exact) mass is 204 g/mol. The van der Waals surface area contributed by atoms with Gasteiger partial charge in [-0.1, -0.05) is 12.1 Å². The summed E-state index contributed by atoms with van der Waals surface area (Å²) >= 11 is 0. The average Bonchev–Trinajstić information content (AvgIpc) is 3.12. The van der Waals surface area contributed by atoms with Crippen LogP contribution in [-0.4, -0.2) is 11.2 Å². The summed E-state index contributed by atoms with van der Waals surface area (Å²) in [6.07, 6.45) is 4.89. The quantitative estimate of drug-likeness (QED) is 0.817. The fraction of sp³-hybridized carbons (Fsp3) is 0.538. The largest absolute Gasteiger partial charge is 0.490 e. The first-order valence-corrected chi connectivity index (χ1v) is 5.77. The number of ether oxygens (including phenoxy) is 1. The number of hydrogen-bond donors (Lipinski definition) is 1. The molecule has 15 heavy (non-hydrogen) atoms. The third kappa shape index (κ3) is 2.15. The lowest BCUT2D eigenvalue weighted by molar-refractivity contribution is 0.153. The third-order valence-electron chi connectivity index (χ3n) is 3.12. The SMILES string of the molecule is OC(c1ccc(OC2CC2)cc1)C1CC1. The molecule has 0 aromatic heterocycles. The molecule has 0 bridgehead atoms. The zero-order valence-corrected chi connectivity index (χ0v) is 8.73. The second-order valence-corrected chi connectivity index (χ2v) is 4.67. The van der Waals surface area contributed by atoms with Crippen molar-refractivity contribution in [2.24, 2.45) is 5.92 Å². The molecule has 1 aromatic carbocycles. The Balaban J connectivity index is 1.68. The van der Waals surface area contributed by atoms with E-state index in [0.717, 1.165) is 11.3 Å². The van der Waals surface area contributed by atoms with E-state index in [0.29, 0.717) is 12.0 Å². The third-order valence-corrected chi connectivity index (χ3v) is 3.12. The Morgan fingerprint density at radius 3 is 2.27 bits per heavy atom. The van der Waals surface area contributed by atoms with Crippen molar-refractivity contribution in [2.75, 3.05) is 0 Å². The Kier molecular flexibility index (Phi) is 2.17. The first-order valence-electron chi connectivity index (χ1n) is 5.77. The summed E-state index contributed by atoms with van der Waals surface area (Å²) in [6, 6.07) is 7.92. The molecule has 3 rings (SSSR count). The van der Waals surface area contributed by atoms with Crippen molar-refractivity contribution in [3.63, 3.8) is 0 Å². The lowest BCUT2D eigenvalue weighted by atomic mass is 10.1. The van der Waals surface area contributed by atoms with Gasteiger partial charge in [-0.25, -0.2) is 0 Å². The minimum atomic E-state index is -0.264. The van der Waals surface area contributed by atoms with E-state index >= 15 is 0 Å². The van der Waals surface area contributed by atoms with Crippen molar-refractivity contribution in [3.8, 4) is 5.75 Å². The highest BCUT2D eigenvalue weighted by Gasteiger charge is 2.30. The van der Waals surface area contributed by atoms with Crippen LogP contribution in [0.4, 0.5) is 0 Å². The van der Waals surface area contributed by atoms with E-state index in [4.69, 9.17) is 4.74 Å². The van der Waals surface area contributed by atoms with Gasteiger partial charge in [0.05, 0.1) is 12.2 Å². The molecule has 0 heterocycles. The molecule has 2 aliphatic carbocycles. The molecule has 1 atom stereocenters. The Bertz CT molecular complexity index is 336. The van der Waals surface area contributed by atoms with Crippen LogP contribution in [0.1, 0.15) is 37.4 Å². The topological polar surface area (TPSA) is 29.5 Å². The van der Waals surface area contributed by atoms with Crippen molar-refractivity contribution in [3.05, 3.63) is 29.8 Å². The number of aliphatic hydroxyl groups is 1. The zero-order valence-electron chi connectivity index (χ0n) is 8.73. The zero-order chi connectivity index (χ0) is 10.3. The molecule has 2 nitrogen and oxygen atoms in total. The van der Waals surface area contributed by atoms with Gasteiger partial charge in [0.15, 0.2) is 0 Å². The molecule has 0 saturated heterocycles. The van der Waals surface area contributed by atoms with Crippen molar-refractivity contribution >= 4 is 0 Å². The fourth-order valence-corrected chi connectivity index (χ4v) is 1.81. The van der Waals surface area contributed by atoms with E-state index in [2.05, 4.69) is 0 Å². The second-order valence-electron chi connectivity index (χ2n) is 4.67. The number of benzene rings is 1. The molecule has 2 heteroatoms. The van der Waals surface area contributed by atoms with E-state index in [9.17, 15) is 5.11 Å². The molecule has 2 aliphatic rings. The van der Waals surface area contributed by atoms with Crippen molar-refractivity contribution in [1.29, 1.82) is 0 Å². The van der Waals surface area contributed by atoms with Crippen LogP contribution in [0.25, 0.3) is 0 Å². The molecule has 0 amide bonds. The van der Waals surface area contributed by atoms with Gasteiger partial charge < -0.3 is 9.84 Å². The van der Waals surface area contributed by atoms with E-state index in [1.807, 2.05) is 24.3 Å². The summed E-state index contributed by atoms with van der Waals surface area (Å²) in [5, 5.41) is 9.90. The highest BCUT2D eigenvalue weighted by Crippen LogP contribution is 2.41. The molecule has 0 aliphatic heterocycles.